The number of hydrogen-bond acceptors (Lipinski definition) is 2. The minimum absolute atomic E-state index is 0.514. The van der Waals surface area contributed by atoms with Gasteiger partial charge in [-0.05, 0) is 49.0 Å². The SMILES string of the molecule is Cc1cccc(C(O)C2=COCCC2)c1C. The van der Waals surface area contributed by atoms with E-state index in [4.69, 9.17) is 4.74 Å². The molecule has 0 saturated carbocycles. The maximum atomic E-state index is 10.3. The fourth-order valence-corrected chi connectivity index (χ4v) is 2.06. The molecular weight excluding hydrogens is 200 g/mol. The Morgan fingerprint density at radius 2 is 2.12 bits per heavy atom. The molecule has 1 aliphatic heterocycles. The smallest absolute Gasteiger partial charge is 0.104 e. The molecule has 0 fully saturated rings. The normalized spacial score (nSPS) is 17.6. The lowest BCUT2D eigenvalue weighted by Crippen LogP contribution is -2.09. The van der Waals surface area contributed by atoms with Crippen LogP contribution in [0, 0.1) is 13.8 Å². The first-order chi connectivity index (χ1) is 7.70. The first-order valence-corrected chi connectivity index (χ1v) is 5.75. The molecule has 1 aromatic carbocycles. The van der Waals surface area contributed by atoms with Crippen LogP contribution < -0.4 is 0 Å². The summed E-state index contributed by atoms with van der Waals surface area (Å²) in [5, 5.41) is 10.3. The number of rotatable bonds is 2. The summed E-state index contributed by atoms with van der Waals surface area (Å²) in [6, 6.07) is 6.05. The third-order valence-electron chi connectivity index (χ3n) is 3.25. The van der Waals surface area contributed by atoms with E-state index in [2.05, 4.69) is 19.9 Å². The van der Waals surface area contributed by atoms with Crippen LogP contribution in [0.1, 0.15) is 35.6 Å². The summed E-state index contributed by atoms with van der Waals surface area (Å²) in [5.74, 6) is 0. The minimum atomic E-state index is -0.514. The molecule has 0 radical (unpaired) electrons. The molecule has 0 aromatic heterocycles. The van der Waals surface area contributed by atoms with Gasteiger partial charge in [0.25, 0.3) is 0 Å². The molecule has 86 valence electrons. The van der Waals surface area contributed by atoms with E-state index in [9.17, 15) is 5.11 Å². The van der Waals surface area contributed by atoms with Gasteiger partial charge in [-0.1, -0.05) is 18.2 Å². The molecule has 1 aromatic rings. The van der Waals surface area contributed by atoms with Crippen molar-refractivity contribution in [2.45, 2.75) is 32.8 Å². The first kappa shape index (κ1) is 11.2. The Bertz CT molecular complexity index is 407. The van der Waals surface area contributed by atoms with E-state index in [0.29, 0.717) is 0 Å². The largest absolute Gasteiger partial charge is 0.501 e. The van der Waals surface area contributed by atoms with Crippen molar-refractivity contribution in [2.75, 3.05) is 6.61 Å². The molecule has 16 heavy (non-hydrogen) atoms. The highest BCUT2D eigenvalue weighted by Gasteiger charge is 2.18. The van der Waals surface area contributed by atoms with E-state index in [1.165, 1.54) is 11.1 Å². The Morgan fingerprint density at radius 3 is 2.81 bits per heavy atom. The van der Waals surface area contributed by atoms with E-state index in [0.717, 1.165) is 30.6 Å². The highest BCUT2D eigenvalue weighted by atomic mass is 16.5. The topological polar surface area (TPSA) is 29.5 Å². The van der Waals surface area contributed by atoms with E-state index in [1.807, 2.05) is 12.1 Å². The standard InChI is InChI=1S/C14H18O2/c1-10-5-3-7-13(11(10)2)14(15)12-6-4-8-16-9-12/h3,5,7,9,14-15H,4,6,8H2,1-2H3. The molecule has 1 N–H and O–H groups in total. The molecule has 0 amide bonds. The van der Waals surface area contributed by atoms with Crippen molar-refractivity contribution >= 4 is 0 Å². The van der Waals surface area contributed by atoms with Gasteiger partial charge in [-0.15, -0.1) is 0 Å². The third kappa shape index (κ3) is 2.12. The van der Waals surface area contributed by atoms with E-state index >= 15 is 0 Å². The summed E-state index contributed by atoms with van der Waals surface area (Å²) in [5.41, 5.74) is 4.37. The van der Waals surface area contributed by atoms with Gasteiger partial charge >= 0.3 is 0 Å². The highest BCUT2D eigenvalue weighted by molar-refractivity contribution is 5.38. The average molecular weight is 218 g/mol. The molecular formula is C14H18O2. The maximum absolute atomic E-state index is 10.3. The van der Waals surface area contributed by atoms with Gasteiger partial charge in [-0.3, -0.25) is 0 Å². The van der Waals surface area contributed by atoms with Crippen molar-refractivity contribution in [2.24, 2.45) is 0 Å². The van der Waals surface area contributed by atoms with E-state index in [-0.39, 0.29) is 0 Å². The van der Waals surface area contributed by atoms with Gasteiger partial charge < -0.3 is 9.84 Å². The molecule has 0 aliphatic carbocycles. The molecule has 2 nitrogen and oxygen atoms in total. The van der Waals surface area contributed by atoms with Crippen LogP contribution in [0.2, 0.25) is 0 Å². The Kier molecular flexibility index (Phi) is 3.30. The molecule has 1 atom stereocenters. The Balaban J connectivity index is 2.29. The maximum Gasteiger partial charge on any atom is 0.104 e. The van der Waals surface area contributed by atoms with E-state index in [1.54, 1.807) is 6.26 Å². The first-order valence-electron chi connectivity index (χ1n) is 5.75. The summed E-state index contributed by atoms with van der Waals surface area (Å²) in [7, 11) is 0. The lowest BCUT2D eigenvalue weighted by molar-refractivity contribution is 0.170. The van der Waals surface area contributed by atoms with Crippen molar-refractivity contribution in [3.8, 4) is 0 Å². The molecule has 0 spiro atoms. The van der Waals surface area contributed by atoms with Crippen LogP contribution in [0.25, 0.3) is 0 Å². The van der Waals surface area contributed by atoms with Crippen LogP contribution >= 0.6 is 0 Å². The monoisotopic (exact) mass is 218 g/mol. The number of aliphatic hydroxyl groups excluding tert-OH is 1. The zero-order valence-corrected chi connectivity index (χ0v) is 9.86. The van der Waals surface area contributed by atoms with Gasteiger partial charge in [-0.25, -0.2) is 0 Å². The van der Waals surface area contributed by atoms with Crippen LogP contribution in [0.15, 0.2) is 30.0 Å². The number of aliphatic hydroxyl groups is 1. The Labute approximate surface area is 96.6 Å². The van der Waals surface area contributed by atoms with Crippen molar-refractivity contribution in [3.05, 3.63) is 46.7 Å². The minimum Gasteiger partial charge on any atom is -0.501 e. The molecule has 0 bridgehead atoms. The van der Waals surface area contributed by atoms with Crippen molar-refractivity contribution in [1.29, 1.82) is 0 Å². The fraction of sp³-hybridized carbons (Fsp3) is 0.429. The molecule has 2 heteroatoms. The lowest BCUT2D eigenvalue weighted by atomic mass is 9.93. The Hall–Kier alpha value is -1.28. The van der Waals surface area contributed by atoms with Crippen LogP contribution in [-0.4, -0.2) is 11.7 Å². The number of hydrogen-bond donors (Lipinski definition) is 1. The summed E-state index contributed by atoms with van der Waals surface area (Å²) in [6.07, 6.45) is 3.12. The van der Waals surface area contributed by atoms with Crippen LogP contribution in [-0.2, 0) is 4.74 Å². The third-order valence-corrected chi connectivity index (χ3v) is 3.25. The summed E-state index contributed by atoms with van der Waals surface area (Å²) in [6.45, 7) is 4.89. The second-order valence-corrected chi connectivity index (χ2v) is 4.36. The Morgan fingerprint density at radius 1 is 1.31 bits per heavy atom. The summed E-state index contributed by atoms with van der Waals surface area (Å²) >= 11 is 0. The number of aryl methyl sites for hydroxylation is 1. The van der Waals surface area contributed by atoms with E-state index < -0.39 is 6.10 Å². The fourth-order valence-electron chi connectivity index (χ4n) is 2.06. The van der Waals surface area contributed by atoms with Crippen molar-refractivity contribution in [3.63, 3.8) is 0 Å². The quantitative estimate of drug-likeness (QED) is 0.826. The van der Waals surface area contributed by atoms with Crippen LogP contribution in [0.4, 0.5) is 0 Å². The van der Waals surface area contributed by atoms with Crippen molar-refractivity contribution in [1.82, 2.24) is 0 Å². The predicted octanol–water partition coefficient (Wildman–Crippen LogP) is 3.03. The predicted molar refractivity (Wildman–Crippen MR) is 64.1 cm³/mol. The summed E-state index contributed by atoms with van der Waals surface area (Å²) < 4.78 is 5.27. The van der Waals surface area contributed by atoms with Gasteiger partial charge in [0, 0.05) is 0 Å². The molecule has 1 unspecified atom stereocenters. The van der Waals surface area contributed by atoms with Gasteiger partial charge in [0.2, 0.25) is 0 Å². The van der Waals surface area contributed by atoms with Crippen LogP contribution in [0.5, 0.6) is 0 Å². The van der Waals surface area contributed by atoms with Gasteiger partial charge in [0.15, 0.2) is 0 Å². The molecule has 0 saturated heterocycles. The lowest BCUT2D eigenvalue weighted by Gasteiger charge is -2.21. The number of ether oxygens (including phenoxy) is 1. The molecule has 1 aliphatic rings. The molecule has 1 heterocycles. The van der Waals surface area contributed by atoms with Gasteiger partial charge in [0.05, 0.1) is 12.9 Å². The second-order valence-electron chi connectivity index (χ2n) is 4.36. The van der Waals surface area contributed by atoms with Gasteiger partial charge in [0.1, 0.15) is 6.10 Å². The van der Waals surface area contributed by atoms with Crippen molar-refractivity contribution < 1.29 is 9.84 Å². The second kappa shape index (κ2) is 4.71. The zero-order chi connectivity index (χ0) is 11.5. The number of benzene rings is 1. The highest BCUT2D eigenvalue weighted by Crippen LogP contribution is 2.30. The average Bonchev–Trinajstić information content (AvgIpc) is 2.33. The molecule has 2 rings (SSSR count). The van der Waals surface area contributed by atoms with Gasteiger partial charge in [-0.2, -0.15) is 0 Å². The zero-order valence-electron chi connectivity index (χ0n) is 9.86. The van der Waals surface area contributed by atoms with Crippen LogP contribution in [0.3, 0.4) is 0 Å². The summed E-state index contributed by atoms with van der Waals surface area (Å²) in [4.78, 5) is 0.